The summed E-state index contributed by atoms with van der Waals surface area (Å²) in [6, 6.07) is 17.1. The molecule has 47 heavy (non-hydrogen) atoms. The molecule has 3 aromatic carbocycles. The van der Waals surface area contributed by atoms with Crippen LogP contribution in [0.4, 0.5) is 29.3 Å². The number of anilines is 2. The Morgan fingerprint density at radius 3 is 2.38 bits per heavy atom. The van der Waals surface area contributed by atoms with E-state index in [9.17, 15) is 23.1 Å². The number of urea groups is 1. The van der Waals surface area contributed by atoms with Gasteiger partial charge in [0, 0.05) is 50.5 Å². The number of ether oxygens (including phenoxy) is 3. The van der Waals surface area contributed by atoms with E-state index in [0.717, 1.165) is 92.7 Å². The Morgan fingerprint density at radius 1 is 0.915 bits per heavy atom. The van der Waals surface area contributed by atoms with Gasteiger partial charge in [-0.2, -0.15) is 13.2 Å². The predicted octanol–water partition coefficient (Wildman–Crippen LogP) is 8.22. The van der Waals surface area contributed by atoms with Crippen molar-refractivity contribution in [3.05, 3.63) is 89.0 Å². The zero-order chi connectivity index (χ0) is 33.7. The summed E-state index contributed by atoms with van der Waals surface area (Å²) in [5, 5.41) is 19.0. The number of carbonyl (C=O) groups excluding carboxylic acids is 1. The highest BCUT2D eigenvalue weighted by molar-refractivity contribution is 5.99. The van der Waals surface area contributed by atoms with Crippen molar-refractivity contribution >= 4 is 17.4 Å². The Kier molecular flexibility index (Phi) is 13.5. The summed E-state index contributed by atoms with van der Waals surface area (Å²) in [6.45, 7) is 7.00. The van der Waals surface area contributed by atoms with E-state index in [2.05, 4.69) is 16.0 Å². The average Bonchev–Trinajstić information content (AvgIpc) is 3.02. The average molecular weight is 658 g/mol. The zero-order valence-electron chi connectivity index (χ0n) is 27.1. The van der Waals surface area contributed by atoms with E-state index < -0.39 is 29.7 Å². The molecule has 0 radical (unpaired) electrons. The molecule has 1 atom stereocenters. The van der Waals surface area contributed by atoms with Crippen LogP contribution in [-0.2, 0) is 28.7 Å². The van der Waals surface area contributed by atoms with Gasteiger partial charge in [-0.05, 0) is 92.2 Å². The van der Waals surface area contributed by atoms with Crippen molar-refractivity contribution in [2.75, 3.05) is 36.9 Å². The van der Waals surface area contributed by atoms with Gasteiger partial charge in [-0.15, -0.1) is 0 Å². The summed E-state index contributed by atoms with van der Waals surface area (Å²) in [4.78, 5) is 12.3. The summed E-state index contributed by atoms with van der Waals surface area (Å²) in [7, 11) is 0. The third-order valence-corrected chi connectivity index (χ3v) is 7.77. The molecular formula is C36H46F3N3O5. The lowest BCUT2D eigenvalue weighted by Gasteiger charge is -2.33. The second-order valence-corrected chi connectivity index (χ2v) is 12.2. The van der Waals surface area contributed by atoms with Crippen LogP contribution in [0.25, 0.3) is 0 Å². The Balaban J connectivity index is 0.993. The van der Waals surface area contributed by atoms with Gasteiger partial charge in [0.05, 0.1) is 18.3 Å². The summed E-state index contributed by atoms with van der Waals surface area (Å²) in [5.41, 5.74) is 2.67. The van der Waals surface area contributed by atoms with E-state index in [1.807, 2.05) is 50.2 Å². The van der Waals surface area contributed by atoms with Gasteiger partial charge in [-0.1, -0.05) is 37.1 Å². The molecule has 8 nitrogen and oxygen atoms in total. The first-order chi connectivity index (χ1) is 22.5. The normalized spacial score (nSPS) is 14.6. The van der Waals surface area contributed by atoms with Gasteiger partial charge in [0.1, 0.15) is 5.75 Å². The molecule has 0 spiro atoms. The van der Waals surface area contributed by atoms with Gasteiger partial charge in [-0.3, -0.25) is 0 Å². The number of aryl methyl sites for hydroxylation is 1. The first-order valence-corrected chi connectivity index (χ1v) is 16.2. The standard InChI is InChI=1S/C36H46F3N3O5/c1-35(2)46-25-28-22-27(16-17-33(28)47-35)32(43)24-40-18-6-3-4-7-19-45-20-8-5-11-26-12-9-14-30(21-26)41-34(44)42-31-15-10-13-29(23-31)36(37,38)39/h9-10,12-17,21-23,32,40,43H,3-8,11,18-20,24-25H2,1-2H3,(H2,41,42,44)/t32-/m1/s1. The number of rotatable bonds is 17. The van der Waals surface area contributed by atoms with Gasteiger partial charge in [0.15, 0.2) is 0 Å². The van der Waals surface area contributed by atoms with E-state index in [0.29, 0.717) is 25.4 Å². The van der Waals surface area contributed by atoms with Crippen LogP contribution in [0.15, 0.2) is 66.7 Å². The van der Waals surface area contributed by atoms with Gasteiger partial charge >= 0.3 is 12.2 Å². The van der Waals surface area contributed by atoms with E-state index in [4.69, 9.17) is 14.2 Å². The maximum atomic E-state index is 12.9. The summed E-state index contributed by atoms with van der Waals surface area (Å²) < 4.78 is 56.1. The number of unbranched alkanes of at least 4 members (excludes halogenated alkanes) is 4. The fourth-order valence-corrected chi connectivity index (χ4v) is 5.24. The molecule has 4 N–H and O–H groups in total. The van der Waals surface area contributed by atoms with Crippen molar-refractivity contribution < 1.29 is 37.3 Å². The minimum absolute atomic E-state index is 0.0658. The number of alkyl halides is 3. The molecular weight excluding hydrogens is 611 g/mol. The van der Waals surface area contributed by atoms with Crippen molar-refractivity contribution in [1.82, 2.24) is 5.32 Å². The molecule has 1 aliphatic rings. The first kappa shape index (κ1) is 36.2. The van der Waals surface area contributed by atoms with Crippen LogP contribution < -0.4 is 20.7 Å². The molecule has 0 saturated carbocycles. The molecule has 0 saturated heterocycles. The number of carbonyl (C=O) groups is 1. The minimum atomic E-state index is -4.48. The van der Waals surface area contributed by atoms with E-state index >= 15 is 0 Å². The van der Waals surface area contributed by atoms with Crippen LogP contribution in [0.1, 0.15) is 80.7 Å². The largest absolute Gasteiger partial charge is 0.463 e. The lowest BCUT2D eigenvalue weighted by atomic mass is 10.0. The molecule has 1 aliphatic heterocycles. The van der Waals surface area contributed by atoms with Gasteiger partial charge in [-0.25, -0.2) is 4.79 Å². The predicted molar refractivity (Wildman–Crippen MR) is 177 cm³/mol. The molecule has 0 aromatic heterocycles. The quantitative estimate of drug-likeness (QED) is 0.109. The Bertz CT molecular complexity index is 1430. The number of aliphatic hydroxyl groups is 1. The fourth-order valence-electron chi connectivity index (χ4n) is 5.24. The highest BCUT2D eigenvalue weighted by Gasteiger charge is 2.30. The molecule has 11 heteroatoms. The van der Waals surface area contributed by atoms with Crippen molar-refractivity contribution in [3.8, 4) is 5.75 Å². The van der Waals surface area contributed by atoms with E-state index in [1.54, 1.807) is 6.07 Å². The van der Waals surface area contributed by atoms with Crippen molar-refractivity contribution in [2.24, 2.45) is 0 Å². The third kappa shape index (κ3) is 12.5. The van der Waals surface area contributed by atoms with Crippen molar-refractivity contribution in [2.45, 2.75) is 83.5 Å². The maximum absolute atomic E-state index is 12.9. The summed E-state index contributed by atoms with van der Waals surface area (Å²) in [5.74, 6) is 0.171. The Hall–Kier alpha value is -3.64. The molecule has 3 aromatic rings. The molecule has 0 aliphatic carbocycles. The van der Waals surface area contributed by atoms with Crippen LogP contribution in [0.3, 0.4) is 0 Å². The number of amides is 2. The van der Waals surface area contributed by atoms with Gasteiger partial charge in [0.2, 0.25) is 5.79 Å². The van der Waals surface area contributed by atoms with E-state index in [-0.39, 0.29) is 5.69 Å². The van der Waals surface area contributed by atoms with Gasteiger partial charge < -0.3 is 35.3 Å². The van der Waals surface area contributed by atoms with Gasteiger partial charge in [0.25, 0.3) is 0 Å². The monoisotopic (exact) mass is 657 g/mol. The molecule has 256 valence electrons. The lowest BCUT2D eigenvalue weighted by molar-refractivity contribution is -0.180. The van der Waals surface area contributed by atoms with Crippen LogP contribution in [0.2, 0.25) is 0 Å². The SMILES string of the molecule is CC1(C)OCc2cc([C@H](O)CNCCCCCCOCCCCc3cccc(NC(=O)Nc4cccc(C(F)(F)F)c4)c3)ccc2O1. The maximum Gasteiger partial charge on any atom is 0.416 e. The number of halogens is 3. The fraction of sp³-hybridized carbons (Fsp3) is 0.472. The van der Waals surface area contributed by atoms with Crippen LogP contribution >= 0.6 is 0 Å². The number of fused-ring (bicyclic) bond motifs is 1. The summed E-state index contributed by atoms with van der Waals surface area (Å²) >= 11 is 0. The van der Waals surface area contributed by atoms with Crippen LogP contribution in [0, 0.1) is 0 Å². The number of nitrogens with one attached hydrogen (secondary N) is 3. The van der Waals surface area contributed by atoms with Crippen LogP contribution in [0.5, 0.6) is 5.75 Å². The Morgan fingerprint density at radius 2 is 1.62 bits per heavy atom. The number of benzene rings is 3. The summed E-state index contributed by atoms with van der Waals surface area (Å²) in [6.07, 6.45) is 1.84. The number of hydrogen-bond acceptors (Lipinski definition) is 6. The Labute approximate surface area is 275 Å². The molecule has 0 bridgehead atoms. The first-order valence-electron chi connectivity index (χ1n) is 16.2. The highest BCUT2D eigenvalue weighted by Crippen LogP contribution is 2.33. The second kappa shape index (κ2) is 17.5. The van der Waals surface area contributed by atoms with Crippen LogP contribution in [-0.4, -0.2) is 43.2 Å². The van der Waals surface area contributed by atoms with Crippen molar-refractivity contribution in [1.29, 1.82) is 0 Å². The third-order valence-electron chi connectivity index (χ3n) is 7.77. The smallest absolute Gasteiger partial charge is 0.416 e. The lowest BCUT2D eigenvalue weighted by Crippen LogP contribution is -2.35. The second-order valence-electron chi connectivity index (χ2n) is 12.2. The van der Waals surface area contributed by atoms with Crippen molar-refractivity contribution in [3.63, 3.8) is 0 Å². The topological polar surface area (TPSA) is 101 Å². The molecule has 1 heterocycles. The van der Waals surface area contributed by atoms with E-state index in [1.165, 1.54) is 12.1 Å². The number of aliphatic hydroxyl groups excluding tert-OH is 1. The minimum Gasteiger partial charge on any atom is -0.463 e. The molecule has 4 rings (SSSR count). The number of hydrogen-bond donors (Lipinski definition) is 4. The molecule has 2 amide bonds. The zero-order valence-corrected chi connectivity index (χ0v) is 27.1. The molecule has 0 unspecified atom stereocenters. The highest BCUT2D eigenvalue weighted by atomic mass is 19.4. The molecule has 0 fully saturated rings.